The molecule has 3 fully saturated rings. The van der Waals surface area contributed by atoms with E-state index in [1.54, 1.807) is 0 Å². The lowest BCUT2D eigenvalue weighted by atomic mass is 9.94. The summed E-state index contributed by atoms with van der Waals surface area (Å²) in [4.78, 5) is 28.9. The van der Waals surface area contributed by atoms with E-state index < -0.39 is 0 Å². The van der Waals surface area contributed by atoms with Gasteiger partial charge < -0.3 is 14.4 Å². The molecule has 7 nitrogen and oxygen atoms in total. The average Bonchev–Trinajstić information content (AvgIpc) is 3.04. The zero-order valence-corrected chi connectivity index (χ0v) is 14.6. The van der Waals surface area contributed by atoms with E-state index in [0.717, 1.165) is 63.4 Å². The summed E-state index contributed by atoms with van der Waals surface area (Å²) in [7, 11) is 0. The Bertz CT molecular complexity index is 702. The van der Waals surface area contributed by atoms with Crippen molar-refractivity contribution in [2.75, 3.05) is 19.6 Å². The maximum Gasteiger partial charge on any atom is 0.227 e. The van der Waals surface area contributed by atoms with Crippen molar-refractivity contribution in [3.05, 3.63) is 11.6 Å². The predicted octanol–water partition coefficient (Wildman–Crippen LogP) is 0.941. The number of hydrogen-bond acceptors (Lipinski definition) is 4. The van der Waals surface area contributed by atoms with E-state index in [1.807, 2.05) is 9.80 Å². The van der Waals surface area contributed by atoms with Crippen LogP contribution >= 0.6 is 0 Å². The maximum atomic E-state index is 12.8. The van der Waals surface area contributed by atoms with Crippen LogP contribution in [-0.4, -0.2) is 62.1 Å². The Balaban J connectivity index is 1.20. The number of fused-ring (bicyclic) bond motifs is 1. The molecule has 0 aromatic carbocycles. The van der Waals surface area contributed by atoms with E-state index in [2.05, 4.69) is 14.8 Å². The van der Waals surface area contributed by atoms with Gasteiger partial charge in [-0.1, -0.05) is 0 Å². The molecule has 1 aromatic heterocycles. The fourth-order valence-electron chi connectivity index (χ4n) is 4.73. The van der Waals surface area contributed by atoms with Gasteiger partial charge in [0, 0.05) is 51.0 Å². The smallest absolute Gasteiger partial charge is 0.227 e. The number of likely N-dealkylation sites (tertiary alicyclic amines) is 2. The summed E-state index contributed by atoms with van der Waals surface area (Å²) in [5.41, 5.74) is 0. The minimum Gasteiger partial charge on any atom is -0.342 e. The molecule has 25 heavy (non-hydrogen) atoms. The van der Waals surface area contributed by atoms with E-state index in [9.17, 15) is 9.59 Å². The number of rotatable bonds is 3. The van der Waals surface area contributed by atoms with E-state index in [4.69, 9.17) is 0 Å². The van der Waals surface area contributed by atoms with Crippen LogP contribution in [0.25, 0.3) is 0 Å². The van der Waals surface area contributed by atoms with Gasteiger partial charge in [-0.25, -0.2) is 0 Å². The van der Waals surface area contributed by atoms with Crippen molar-refractivity contribution < 1.29 is 9.59 Å². The molecule has 2 saturated heterocycles. The molecule has 1 aromatic rings. The van der Waals surface area contributed by atoms with Crippen LogP contribution in [0, 0.1) is 5.92 Å². The standard InChI is InChI=1S/C18H25N5O2/c24-16-10-13(11-23(16)14-3-4-14)18(25)21-8-5-12(6-9-21)17-20-19-15-2-1-7-22(15)17/h12-14H,1-11H2. The highest BCUT2D eigenvalue weighted by atomic mass is 16.2. The summed E-state index contributed by atoms with van der Waals surface area (Å²) < 4.78 is 2.28. The molecule has 7 heteroatoms. The van der Waals surface area contributed by atoms with Gasteiger partial charge in [0.05, 0.1) is 5.92 Å². The molecule has 4 aliphatic rings. The molecule has 0 bridgehead atoms. The van der Waals surface area contributed by atoms with Gasteiger partial charge in [-0.2, -0.15) is 0 Å². The van der Waals surface area contributed by atoms with Gasteiger partial charge in [0.2, 0.25) is 11.8 Å². The highest BCUT2D eigenvalue weighted by molar-refractivity contribution is 5.89. The Morgan fingerprint density at radius 2 is 1.84 bits per heavy atom. The van der Waals surface area contributed by atoms with Crippen LogP contribution in [0.2, 0.25) is 0 Å². The van der Waals surface area contributed by atoms with Crippen molar-refractivity contribution in [1.82, 2.24) is 24.6 Å². The van der Waals surface area contributed by atoms with Crippen LogP contribution in [-0.2, 0) is 22.6 Å². The van der Waals surface area contributed by atoms with Gasteiger partial charge in [-0.15, -0.1) is 10.2 Å². The number of hydrogen-bond donors (Lipinski definition) is 0. The van der Waals surface area contributed by atoms with Crippen LogP contribution < -0.4 is 0 Å². The first-order valence-electron chi connectivity index (χ1n) is 9.71. The van der Waals surface area contributed by atoms with Crippen molar-refractivity contribution in [1.29, 1.82) is 0 Å². The highest BCUT2D eigenvalue weighted by Gasteiger charge is 2.43. The normalized spacial score (nSPS) is 27.2. The molecule has 1 unspecified atom stereocenters. The predicted molar refractivity (Wildman–Crippen MR) is 89.7 cm³/mol. The molecule has 4 heterocycles. The van der Waals surface area contributed by atoms with E-state index >= 15 is 0 Å². The topological polar surface area (TPSA) is 71.3 Å². The number of aromatic nitrogens is 3. The van der Waals surface area contributed by atoms with E-state index in [1.165, 1.54) is 6.42 Å². The fourth-order valence-corrected chi connectivity index (χ4v) is 4.73. The third-order valence-corrected chi connectivity index (χ3v) is 6.31. The third kappa shape index (κ3) is 2.64. The zero-order chi connectivity index (χ0) is 17.0. The molecule has 0 radical (unpaired) electrons. The quantitative estimate of drug-likeness (QED) is 0.819. The van der Waals surface area contributed by atoms with Gasteiger partial charge in [0.15, 0.2) is 0 Å². The molecule has 0 spiro atoms. The second kappa shape index (κ2) is 5.81. The molecule has 1 aliphatic carbocycles. The molecule has 3 aliphatic heterocycles. The van der Waals surface area contributed by atoms with Crippen molar-refractivity contribution in [3.63, 3.8) is 0 Å². The molecule has 5 rings (SSSR count). The second-order valence-electron chi connectivity index (χ2n) is 8.01. The SMILES string of the molecule is O=C(C1CC(=O)N(C2CC2)C1)N1CCC(c2nnc3n2CCC3)CC1. The first-order chi connectivity index (χ1) is 12.2. The maximum absolute atomic E-state index is 12.8. The van der Waals surface area contributed by atoms with Gasteiger partial charge in [-0.05, 0) is 32.1 Å². The van der Waals surface area contributed by atoms with E-state index in [-0.39, 0.29) is 17.7 Å². The average molecular weight is 343 g/mol. The molecule has 134 valence electrons. The van der Waals surface area contributed by atoms with Gasteiger partial charge in [0.1, 0.15) is 11.6 Å². The summed E-state index contributed by atoms with van der Waals surface area (Å²) in [5.74, 6) is 2.89. The van der Waals surface area contributed by atoms with Crippen LogP contribution in [0.1, 0.15) is 56.1 Å². The van der Waals surface area contributed by atoms with Crippen molar-refractivity contribution in [2.45, 2.75) is 63.5 Å². The number of piperidine rings is 1. The number of carbonyl (C=O) groups is 2. The largest absolute Gasteiger partial charge is 0.342 e. The van der Waals surface area contributed by atoms with Crippen molar-refractivity contribution >= 4 is 11.8 Å². The summed E-state index contributed by atoms with van der Waals surface area (Å²) in [5, 5.41) is 8.73. The summed E-state index contributed by atoms with van der Waals surface area (Å²) in [6.07, 6.45) is 6.75. The van der Waals surface area contributed by atoms with E-state index in [0.29, 0.717) is 24.9 Å². The van der Waals surface area contributed by atoms with Crippen LogP contribution in [0.5, 0.6) is 0 Å². The van der Waals surface area contributed by atoms with Crippen molar-refractivity contribution in [2.24, 2.45) is 5.92 Å². The molecule has 1 saturated carbocycles. The number of amides is 2. The lowest BCUT2D eigenvalue weighted by Gasteiger charge is -2.33. The van der Waals surface area contributed by atoms with Crippen LogP contribution in [0.4, 0.5) is 0 Å². The molecular weight excluding hydrogens is 318 g/mol. The number of carbonyl (C=O) groups excluding carboxylic acids is 2. The summed E-state index contributed by atoms with van der Waals surface area (Å²) >= 11 is 0. The molecular formula is C18H25N5O2. The second-order valence-corrected chi connectivity index (χ2v) is 8.01. The first-order valence-corrected chi connectivity index (χ1v) is 9.71. The monoisotopic (exact) mass is 343 g/mol. The first kappa shape index (κ1) is 15.3. The summed E-state index contributed by atoms with van der Waals surface area (Å²) in [6, 6.07) is 0.422. The van der Waals surface area contributed by atoms with Gasteiger partial charge >= 0.3 is 0 Å². The van der Waals surface area contributed by atoms with Gasteiger partial charge in [0.25, 0.3) is 0 Å². The number of aryl methyl sites for hydroxylation is 1. The molecule has 0 N–H and O–H groups in total. The fraction of sp³-hybridized carbons (Fsp3) is 0.778. The Hall–Kier alpha value is -1.92. The minimum absolute atomic E-state index is 0.123. The van der Waals surface area contributed by atoms with Crippen LogP contribution in [0.15, 0.2) is 0 Å². The lowest BCUT2D eigenvalue weighted by molar-refractivity contribution is -0.136. The van der Waals surface area contributed by atoms with Crippen molar-refractivity contribution in [3.8, 4) is 0 Å². The lowest BCUT2D eigenvalue weighted by Crippen LogP contribution is -2.42. The van der Waals surface area contributed by atoms with Crippen LogP contribution in [0.3, 0.4) is 0 Å². The zero-order valence-electron chi connectivity index (χ0n) is 14.6. The molecule has 2 amide bonds. The number of nitrogens with zero attached hydrogens (tertiary/aromatic N) is 5. The Kier molecular flexibility index (Phi) is 3.57. The Morgan fingerprint density at radius 3 is 2.60 bits per heavy atom. The highest BCUT2D eigenvalue weighted by Crippen LogP contribution is 2.34. The molecule has 1 atom stereocenters. The van der Waals surface area contributed by atoms with Gasteiger partial charge in [-0.3, -0.25) is 9.59 Å². The summed E-state index contributed by atoms with van der Waals surface area (Å²) in [6.45, 7) is 3.23. The third-order valence-electron chi connectivity index (χ3n) is 6.31. The Labute approximate surface area is 147 Å². The minimum atomic E-state index is -0.123. The Morgan fingerprint density at radius 1 is 1.04 bits per heavy atom.